The molecule has 228 valence electrons. The Kier molecular flexibility index (Phi) is 6.87. The molecule has 47 heavy (non-hydrogen) atoms. The third kappa shape index (κ3) is 5.42. The predicted octanol–water partition coefficient (Wildman–Crippen LogP) is 10.0. The van der Waals surface area contributed by atoms with Crippen molar-refractivity contribution in [2.75, 3.05) is 0 Å². The van der Waals surface area contributed by atoms with E-state index in [0.717, 1.165) is 44.8 Å². The van der Waals surface area contributed by atoms with Gasteiger partial charge in [-0.05, 0) is 60.7 Å². The highest BCUT2D eigenvalue weighted by Gasteiger charge is 2.22. The second-order valence-corrected chi connectivity index (χ2v) is 12.5. The molecule has 4 aromatic carbocycles. The first-order chi connectivity index (χ1) is 22.9. The summed E-state index contributed by atoms with van der Waals surface area (Å²) in [6.07, 6.45) is 3.57. The van der Waals surface area contributed by atoms with E-state index in [-0.39, 0.29) is 5.41 Å². The summed E-state index contributed by atoms with van der Waals surface area (Å²) in [6.45, 7) is 6.14. The van der Waals surface area contributed by atoms with E-state index in [1.54, 1.807) is 6.20 Å². The second kappa shape index (κ2) is 11.4. The van der Waals surface area contributed by atoms with Crippen molar-refractivity contribution < 1.29 is 9.15 Å². The minimum absolute atomic E-state index is 0.234. The van der Waals surface area contributed by atoms with Gasteiger partial charge in [0, 0.05) is 51.3 Å². The Balaban J connectivity index is 1.19. The molecule has 7 nitrogen and oxygen atoms in total. The zero-order chi connectivity index (χ0) is 32.0. The van der Waals surface area contributed by atoms with Gasteiger partial charge >= 0.3 is 0 Å². The number of para-hydroxylation sites is 2. The van der Waals surface area contributed by atoms with Crippen LogP contribution in [0.5, 0.6) is 11.5 Å². The Morgan fingerprint density at radius 2 is 1.30 bits per heavy atom. The van der Waals surface area contributed by atoms with Crippen LogP contribution in [0.4, 0.5) is 0 Å². The highest BCUT2D eigenvalue weighted by atomic mass is 16.5. The van der Waals surface area contributed by atoms with Gasteiger partial charge in [-0.15, -0.1) is 10.2 Å². The predicted molar refractivity (Wildman–Crippen MR) is 186 cm³/mol. The number of hydrogen-bond acceptors (Lipinski definition) is 6. The summed E-state index contributed by atoms with van der Waals surface area (Å²) < 4.78 is 14.9. The Bertz CT molecular complexity index is 2330. The lowest BCUT2D eigenvalue weighted by atomic mass is 9.97. The monoisotopic (exact) mass is 613 g/mol. The molecule has 4 aromatic heterocycles. The maximum Gasteiger partial charge on any atom is 0.247 e. The van der Waals surface area contributed by atoms with Gasteiger partial charge in [0.05, 0.1) is 28.1 Å². The van der Waals surface area contributed by atoms with E-state index in [4.69, 9.17) is 9.15 Å². The van der Waals surface area contributed by atoms with Gasteiger partial charge in [-0.3, -0.25) is 9.97 Å². The summed E-state index contributed by atoms with van der Waals surface area (Å²) in [7, 11) is 0. The lowest BCUT2D eigenvalue weighted by Gasteiger charge is -2.14. The molecule has 0 aliphatic rings. The molecule has 4 heterocycles. The Morgan fingerprint density at radius 3 is 2.02 bits per heavy atom. The van der Waals surface area contributed by atoms with Gasteiger partial charge in [-0.1, -0.05) is 75.4 Å². The van der Waals surface area contributed by atoms with Gasteiger partial charge in [0.2, 0.25) is 11.8 Å². The van der Waals surface area contributed by atoms with E-state index in [1.807, 2.05) is 87.6 Å². The summed E-state index contributed by atoms with van der Waals surface area (Å²) in [5.74, 6) is 2.45. The van der Waals surface area contributed by atoms with Crippen molar-refractivity contribution in [2.24, 2.45) is 0 Å². The summed E-state index contributed by atoms with van der Waals surface area (Å²) in [4.78, 5) is 9.30. The molecule has 7 heteroatoms. The molecule has 0 saturated carbocycles. The van der Waals surface area contributed by atoms with Crippen molar-refractivity contribution in [1.29, 1.82) is 0 Å². The van der Waals surface area contributed by atoms with Crippen LogP contribution in [0, 0.1) is 0 Å². The van der Waals surface area contributed by atoms with E-state index < -0.39 is 0 Å². The van der Waals surface area contributed by atoms with Crippen LogP contribution >= 0.6 is 0 Å². The van der Waals surface area contributed by atoms with Crippen LogP contribution in [0.2, 0.25) is 0 Å². The fourth-order valence-electron chi connectivity index (χ4n) is 5.87. The first-order valence-electron chi connectivity index (χ1n) is 15.5. The van der Waals surface area contributed by atoms with E-state index >= 15 is 0 Å². The number of rotatable bonds is 6. The quantitative estimate of drug-likeness (QED) is 0.186. The number of fused-ring (bicyclic) bond motifs is 3. The van der Waals surface area contributed by atoms with Crippen LogP contribution in [-0.4, -0.2) is 24.7 Å². The molecular weight excluding hydrogens is 582 g/mol. The van der Waals surface area contributed by atoms with Crippen molar-refractivity contribution in [3.63, 3.8) is 0 Å². The van der Waals surface area contributed by atoms with Crippen molar-refractivity contribution in [1.82, 2.24) is 24.7 Å². The SMILES string of the molecule is CC(C)(C)c1nnc(-c2ccnc(-c3cccc(Oc4cc(-c5ccccn5)cc(-n5c6ccccc6c6ccccc65)c4)c3)c2)o1. The van der Waals surface area contributed by atoms with Gasteiger partial charge in [0.25, 0.3) is 0 Å². The summed E-state index contributed by atoms with van der Waals surface area (Å²) in [6, 6.07) is 41.0. The third-order valence-electron chi connectivity index (χ3n) is 8.13. The Hall–Kier alpha value is -6.08. The third-order valence-corrected chi connectivity index (χ3v) is 8.13. The number of pyridine rings is 2. The summed E-state index contributed by atoms with van der Waals surface area (Å²) in [5.41, 5.74) is 7.32. The minimum atomic E-state index is -0.234. The van der Waals surface area contributed by atoms with Crippen LogP contribution < -0.4 is 4.74 Å². The molecule has 0 spiro atoms. The minimum Gasteiger partial charge on any atom is -0.457 e. The van der Waals surface area contributed by atoms with Crippen molar-refractivity contribution in [3.05, 3.63) is 140 Å². The van der Waals surface area contributed by atoms with E-state index in [9.17, 15) is 0 Å². The van der Waals surface area contributed by atoms with Crippen molar-refractivity contribution in [2.45, 2.75) is 26.2 Å². The number of benzene rings is 4. The fourth-order valence-corrected chi connectivity index (χ4v) is 5.87. The van der Waals surface area contributed by atoms with Gasteiger partial charge < -0.3 is 13.7 Å². The Morgan fingerprint density at radius 1 is 0.574 bits per heavy atom. The van der Waals surface area contributed by atoms with Gasteiger partial charge in [-0.25, -0.2) is 0 Å². The van der Waals surface area contributed by atoms with Crippen LogP contribution in [0.15, 0.2) is 138 Å². The number of hydrogen-bond donors (Lipinski definition) is 0. The molecule has 0 aliphatic carbocycles. The number of nitrogens with zero attached hydrogens (tertiary/aromatic N) is 5. The molecule has 8 aromatic rings. The molecule has 0 N–H and O–H groups in total. The summed E-state index contributed by atoms with van der Waals surface area (Å²) in [5, 5.41) is 10.9. The Labute approximate surface area is 272 Å². The number of aromatic nitrogens is 5. The lowest BCUT2D eigenvalue weighted by molar-refractivity contribution is 0.399. The molecule has 0 radical (unpaired) electrons. The lowest BCUT2D eigenvalue weighted by Crippen LogP contribution is -2.11. The average Bonchev–Trinajstić information content (AvgIpc) is 3.73. The maximum atomic E-state index is 6.61. The zero-order valence-corrected chi connectivity index (χ0v) is 26.3. The highest BCUT2D eigenvalue weighted by Crippen LogP contribution is 2.37. The molecule has 8 rings (SSSR count). The fraction of sp³-hybridized carbons (Fsp3) is 0.100. The van der Waals surface area contributed by atoms with Gasteiger partial charge in [0.1, 0.15) is 11.5 Å². The van der Waals surface area contributed by atoms with E-state index in [1.165, 1.54) is 10.8 Å². The highest BCUT2D eigenvalue weighted by molar-refractivity contribution is 6.09. The average molecular weight is 614 g/mol. The molecule has 0 saturated heterocycles. The second-order valence-electron chi connectivity index (χ2n) is 12.5. The largest absolute Gasteiger partial charge is 0.457 e. The van der Waals surface area contributed by atoms with Crippen molar-refractivity contribution >= 4 is 21.8 Å². The molecule has 0 fully saturated rings. The van der Waals surface area contributed by atoms with E-state index in [2.05, 4.69) is 85.4 Å². The standard InChI is InChI=1S/C40H31N5O2/c1-40(2,3)39-44-43-38(47-39)27-18-20-42-35(24-27)26-11-10-12-30(22-26)46-31-23-28(34-15-8-9-19-41-34)21-29(25-31)45-36-16-6-4-13-32(36)33-14-5-7-17-37(33)45/h4-25H,1-3H3. The first-order valence-corrected chi connectivity index (χ1v) is 15.5. The van der Waals surface area contributed by atoms with Crippen LogP contribution in [-0.2, 0) is 5.41 Å². The van der Waals surface area contributed by atoms with Crippen LogP contribution in [0.25, 0.3) is 61.5 Å². The first kappa shape index (κ1) is 28.4. The topological polar surface area (TPSA) is 78.9 Å². The van der Waals surface area contributed by atoms with Crippen LogP contribution in [0.1, 0.15) is 26.7 Å². The van der Waals surface area contributed by atoms with Gasteiger partial charge in [0.15, 0.2) is 0 Å². The van der Waals surface area contributed by atoms with Crippen LogP contribution in [0.3, 0.4) is 0 Å². The van der Waals surface area contributed by atoms with Crippen molar-refractivity contribution in [3.8, 4) is 51.2 Å². The molecule has 0 unspecified atom stereocenters. The molecular formula is C40H31N5O2. The molecule has 0 bridgehead atoms. The molecule has 0 atom stereocenters. The molecule has 0 amide bonds. The molecule has 0 aliphatic heterocycles. The van der Waals surface area contributed by atoms with E-state index in [0.29, 0.717) is 23.3 Å². The summed E-state index contributed by atoms with van der Waals surface area (Å²) >= 11 is 0. The number of ether oxygens (including phenoxy) is 1. The smallest absolute Gasteiger partial charge is 0.247 e. The maximum absolute atomic E-state index is 6.61. The zero-order valence-electron chi connectivity index (χ0n) is 26.3. The normalized spacial score (nSPS) is 11.7. The van der Waals surface area contributed by atoms with Gasteiger partial charge in [-0.2, -0.15) is 0 Å².